The number of likely N-dealkylation sites (N-methyl/N-ethyl adjacent to an activating group) is 1. The number of nitrogens with one attached hydrogen (secondary N) is 1. The lowest BCUT2D eigenvalue weighted by molar-refractivity contribution is -0.130. The molecule has 2 fully saturated rings. The topological polar surface area (TPSA) is 82.2 Å². The van der Waals surface area contributed by atoms with Crippen LogP contribution in [0.4, 0.5) is 20.6 Å². The largest absolute Gasteiger partial charge is 0.442 e. The van der Waals surface area contributed by atoms with E-state index in [-0.39, 0.29) is 31.4 Å². The van der Waals surface area contributed by atoms with Crippen LogP contribution in [0.15, 0.2) is 18.2 Å². The summed E-state index contributed by atoms with van der Waals surface area (Å²) in [6, 6.07) is 4.49. The third-order valence-electron chi connectivity index (χ3n) is 4.74. The molecule has 0 aromatic heterocycles. The average Bonchev–Trinajstić information content (AvgIpc) is 3.00. The minimum Gasteiger partial charge on any atom is -0.442 e. The van der Waals surface area contributed by atoms with Gasteiger partial charge in [0.15, 0.2) is 0 Å². The Morgan fingerprint density at radius 2 is 2.11 bits per heavy atom. The summed E-state index contributed by atoms with van der Waals surface area (Å²) >= 11 is 0. The van der Waals surface area contributed by atoms with E-state index in [1.807, 2.05) is 6.92 Å². The van der Waals surface area contributed by atoms with Crippen LogP contribution in [0.1, 0.15) is 13.8 Å². The highest BCUT2D eigenvalue weighted by Crippen LogP contribution is 2.28. The highest BCUT2D eigenvalue weighted by Gasteiger charge is 2.33. The maximum atomic E-state index is 14.7. The van der Waals surface area contributed by atoms with E-state index in [4.69, 9.17) is 4.74 Å². The first kappa shape index (κ1) is 18.9. The van der Waals surface area contributed by atoms with Crippen LogP contribution in [0, 0.1) is 5.82 Å². The van der Waals surface area contributed by atoms with E-state index in [9.17, 15) is 18.8 Å². The molecule has 2 aliphatic rings. The van der Waals surface area contributed by atoms with E-state index in [0.717, 1.165) is 0 Å². The molecule has 1 aromatic rings. The number of piperazine rings is 1. The second-order valence-electron chi connectivity index (χ2n) is 6.58. The van der Waals surface area contributed by atoms with E-state index in [0.29, 0.717) is 31.0 Å². The Labute approximate surface area is 156 Å². The molecule has 0 bridgehead atoms. The highest BCUT2D eigenvalue weighted by atomic mass is 19.1. The number of ether oxygens (including phenoxy) is 1. The average molecular weight is 378 g/mol. The van der Waals surface area contributed by atoms with E-state index < -0.39 is 18.0 Å². The van der Waals surface area contributed by atoms with Crippen molar-refractivity contribution in [3.63, 3.8) is 0 Å². The normalized spacial score (nSPS) is 20.1. The number of cyclic esters (lactones) is 1. The van der Waals surface area contributed by atoms with Gasteiger partial charge in [-0.2, -0.15) is 0 Å². The van der Waals surface area contributed by atoms with Crippen LogP contribution in [-0.4, -0.2) is 68.2 Å². The van der Waals surface area contributed by atoms with Crippen molar-refractivity contribution in [3.8, 4) is 0 Å². The quantitative estimate of drug-likeness (QED) is 0.825. The monoisotopic (exact) mass is 378 g/mol. The number of anilines is 2. The number of hydrogen-bond acceptors (Lipinski definition) is 5. The fourth-order valence-electron chi connectivity index (χ4n) is 3.26. The van der Waals surface area contributed by atoms with Crippen molar-refractivity contribution in [2.45, 2.75) is 20.0 Å². The molecule has 1 aromatic carbocycles. The van der Waals surface area contributed by atoms with Crippen LogP contribution in [0.5, 0.6) is 0 Å². The summed E-state index contributed by atoms with van der Waals surface area (Å²) in [5.41, 5.74) is 0.718. The van der Waals surface area contributed by atoms with Gasteiger partial charge in [-0.05, 0) is 25.1 Å². The molecule has 0 unspecified atom stereocenters. The van der Waals surface area contributed by atoms with Crippen LogP contribution < -0.4 is 15.1 Å². The molecule has 1 N–H and O–H groups in total. The Bertz CT molecular complexity index is 757. The lowest BCUT2D eigenvalue weighted by atomic mass is 10.2. The zero-order valence-corrected chi connectivity index (χ0v) is 15.4. The van der Waals surface area contributed by atoms with E-state index in [1.54, 1.807) is 21.9 Å². The summed E-state index contributed by atoms with van der Waals surface area (Å²) in [5.74, 6) is -0.739. The lowest BCUT2D eigenvalue weighted by Crippen LogP contribution is -2.50. The minimum atomic E-state index is -0.579. The molecule has 0 saturated carbocycles. The summed E-state index contributed by atoms with van der Waals surface area (Å²) in [6.45, 7) is 5.62. The molecular weight excluding hydrogens is 355 g/mol. The summed E-state index contributed by atoms with van der Waals surface area (Å²) in [7, 11) is 0. The maximum Gasteiger partial charge on any atom is 0.414 e. The number of amides is 3. The Kier molecular flexibility index (Phi) is 5.48. The molecule has 3 rings (SSSR count). The second kappa shape index (κ2) is 7.81. The van der Waals surface area contributed by atoms with Crippen molar-refractivity contribution in [1.82, 2.24) is 10.2 Å². The third kappa shape index (κ3) is 4.12. The smallest absolute Gasteiger partial charge is 0.414 e. The predicted molar refractivity (Wildman–Crippen MR) is 97.2 cm³/mol. The van der Waals surface area contributed by atoms with Gasteiger partial charge in [0.25, 0.3) is 0 Å². The van der Waals surface area contributed by atoms with Crippen molar-refractivity contribution < 1.29 is 23.5 Å². The van der Waals surface area contributed by atoms with Gasteiger partial charge >= 0.3 is 6.09 Å². The molecular formula is C18H23FN4O4. The van der Waals surface area contributed by atoms with Crippen molar-refractivity contribution in [3.05, 3.63) is 24.0 Å². The third-order valence-corrected chi connectivity index (χ3v) is 4.74. The van der Waals surface area contributed by atoms with Gasteiger partial charge in [-0.25, -0.2) is 9.18 Å². The predicted octanol–water partition coefficient (Wildman–Crippen LogP) is 0.955. The van der Waals surface area contributed by atoms with Crippen LogP contribution >= 0.6 is 0 Å². The standard InChI is InChI=1S/C18H23FN4O4/c1-3-21-6-7-22(11-17(21)25)16-5-4-13(8-15(16)19)23-10-14(27-18(23)26)9-20-12(2)24/h4-5,8,14H,3,6-7,9-11H2,1-2H3,(H,20,24)/t14-/m0/s1. The van der Waals surface area contributed by atoms with Crippen LogP contribution in [0.25, 0.3) is 0 Å². The zero-order chi connectivity index (χ0) is 19.6. The molecule has 0 radical (unpaired) electrons. The maximum absolute atomic E-state index is 14.7. The van der Waals surface area contributed by atoms with Gasteiger partial charge in [0.2, 0.25) is 11.8 Å². The van der Waals surface area contributed by atoms with Gasteiger partial charge < -0.3 is 19.9 Å². The van der Waals surface area contributed by atoms with Gasteiger partial charge in [0, 0.05) is 26.6 Å². The number of hydrogen-bond donors (Lipinski definition) is 1. The minimum absolute atomic E-state index is 0.0313. The fraction of sp³-hybridized carbons (Fsp3) is 0.500. The van der Waals surface area contributed by atoms with Gasteiger partial charge in [0.1, 0.15) is 11.9 Å². The van der Waals surface area contributed by atoms with Crippen molar-refractivity contribution in [1.29, 1.82) is 0 Å². The molecule has 8 nitrogen and oxygen atoms in total. The molecule has 27 heavy (non-hydrogen) atoms. The van der Waals surface area contributed by atoms with Gasteiger partial charge in [0.05, 0.1) is 31.0 Å². The van der Waals surface area contributed by atoms with Crippen molar-refractivity contribution >= 4 is 29.3 Å². The number of halogens is 1. The molecule has 0 aliphatic carbocycles. The Balaban J connectivity index is 1.69. The summed E-state index contributed by atoms with van der Waals surface area (Å²) in [6.07, 6.45) is -1.06. The van der Waals surface area contributed by atoms with Gasteiger partial charge in [-0.15, -0.1) is 0 Å². The second-order valence-corrected chi connectivity index (χ2v) is 6.58. The molecule has 2 heterocycles. The number of nitrogens with zero attached hydrogens (tertiary/aromatic N) is 3. The lowest BCUT2D eigenvalue weighted by Gasteiger charge is -2.35. The highest BCUT2D eigenvalue weighted by molar-refractivity contribution is 5.90. The zero-order valence-electron chi connectivity index (χ0n) is 15.4. The number of benzene rings is 1. The Morgan fingerprint density at radius 1 is 1.33 bits per heavy atom. The number of carbonyl (C=O) groups is 3. The van der Waals surface area contributed by atoms with Gasteiger partial charge in [-0.3, -0.25) is 14.5 Å². The Morgan fingerprint density at radius 3 is 2.74 bits per heavy atom. The fourth-order valence-corrected chi connectivity index (χ4v) is 3.26. The molecule has 1 atom stereocenters. The molecule has 3 amide bonds. The first-order valence-corrected chi connectivity index (χ1v) is 8.94. The first-order valence-electron chi connectivity index (χ1n) is 8.94. The van der Waals surface area contributed by atoms with E-state index in [1.165, 1.54) is 17.9 Å². The van der Waals surface area contributed by atoms with Crippen LogP contribution in [0.2, 0.25) is 0 Å². The van der Waals surface area contributed by atoms with E-state index in [2.05, 4.69) is 5.32 Å². The molecule has 2 aliphatic heterocycles. The van der Waals surface area contributed by atoms with Crippen molar-refractivity contribution in [2.75, 3.05) is 49.1 Å². The molecule has 146 valence electrons. The molecule has 9 heteroatoms. The van der Waals surface area contributed by atoms with Crippen molar-refractivity contribution in [2.24, 2.45) is 0 Å². The van der Waals surface area contributed by atoms with Crippen LogP contribution in [0.3, 0.4) is 0 Å². The first-order chi connectivity index (χ1) is 12.9. The summed E-state index contributed by atoms with van der Waals surface area (Å²) in [5, 5.41) is 2.60. The number of carbonyl (C=O) groups excluding carboxylic acids is 3. The molecule has 2 saturated heterocycles. The molecule has 0 spiro atoms. The Hall–Kier alpha value is -2.84. The number of rotatable bonds is 5. The summed E-state index contributed by atoms with van der Waals surface area (Å²) in [4.78, 5) is 39.8. The summed E-state index contributed by atoms with van der Waals surface area (Å²) < 4.78 is 19.9. The van der Waals surface area contributed by atoms with Crippen LogP contribution in [-0.2, 0) is 14.3 Å². The van der Waals surface area contributed by atoms with Gasteiger partial charge in [-0.1, -0.05) is 0 Å². The SMILES string of the molecule is CCN1CCN(c2ccc(N3C[C@H](CNC(C)=O)OC3=O)cc2F)CC1=O. The van der Waals surface area contributed by atoms with E-state index >= 15 is 0 Å².